The molecule has 0 spiro atoms. The fraction of sp³-hybridized carbons (Fsp3) is 0.278. The van der Waals surface area contributed by atoms with Gasteiger partial charge in [0.2, 0.25) is 0 Å². The molecule has 0 bridgehead atoms. The molecule has 122 valence electrons. The SMILES string of the molecule is C=CCN(Cc1ccccc1Cl)C(=O)c1ccc(CN(C)C)o1. The summed E-state index contributed by atoms with van der Waals surface area (Å²) in [5.74, 6) is 0.917. The van der Waals surface area contributed by atoms with Gasteiger partial charge in [0.05, 0.1) is 6.54 Å². The Morgan fingerprint density at radius 1 is 1.22 bits per heavy atom. The molecule has 0 saturated heterocycles. The van der Waals surface area contributed by atoms with Gasteiger partial charge in [-0.05, 0) is 37.9 Å². The van der Waals surface area contributed by atoms with E-state index in [0.717, 1.165) is 11.3 Å². The number of amides is 1. The van der Waals surface area contributed by atoms with Crippen LogP contribution in [0.2, 0.25) is 5.02 Å². The first-order valence-corrected chi connectivity index (χ1v) is 7.76. The molecule has 1 amide bonds. The van der Waals surface area contributed by atoms with Crippen LogP contribution in [0.3, 0.4) is 0 Å². The Labute approximate surface area is 141 Å². The minimum Gasteiger partial charge on any atom is -0.455 e. The molecule has 0 fully saturated rings. The number of rotatable bonds is 7. The van der Waals surface area contributed by atoms with Crippen LogP contribution in [-0.4, -0.2) is 36.3 Å². The van der Waals surface area contributed by atoms with Crippen molar-refractivity contribution in [3.05, 3.63) is 71.2 Å². The molecule has 0 aliphatic rings. The van der Waals surface area contributed by atoms with E-state index in [9.17, 15) is 4.79 Å². The normalized spacial score (nSPS) is 10.8. The number of benzene rings is 1. The maximum absolute atomic E-state index is 12.7. The summed E-state index contributed by atoms with van der Waals surface area (Å²) in [7, 11) is 3.90. The zero-order valence-corrected chi connectivity index (χ0v) is 14.2. The number of hydrogen-bond donors (Lipinski definition) is 0. The van der Waals surface area contributed by atoms with Crippen molar-refractivity contribution in [3.8, 4) is 0 Å². The van der Waals surface area contributed by atoms with E-state index < -0.39 is 0 Å². The van der Waals surface area contributed by atoms with Gasteiger partial charge in [-0.25, -0.2) is 0 Å². The lowest BCUT2D eigenvalue weighted by Gasteiger charge is -2.20. The van der Waals surface area contributed by atoms with Gasteiger partial charge in [0.15, 0.2) is 5.76 Å². The molecule has 0 saturated carbocycles. The predicted octanol–water partition coefficient (Wildman–Crippen LogP) is 3.82. The molecule has 4 nitrogen and oxygen atoms in total. The van der Waals surface area contributed by atoms with E-state index in [1.807, 2.05) is 49.3 Å². The maximum Gasteiger partial charge on any atom is 0.290 e. The summed E-state index contributed by atoms with van der Waals surface area (Å²) in [6.45, 7) is 5.21. The van der Waals surface area contributed by atoms with Gasteiger partial charge in [0, 0.05) is 18.1 Å². The Morgan fingerprint density at radius 2 is 1.96 bits per heavy atom. The molecule has 23 heavy (non-hydrogen) atoms. The van der Waals surface area contributed by atoms with E-state index in [1.165, 1.54) is 0 Å². The molecular weight excluding hydrogens is 312 g/mol. The third-order valence-electron chi connectivity index (χ3n) is 3.30. The lowest BCUT2D eigenvalue weighted by atomic mass is 10.2. The molecule has 0 radical (unpaired) electrons. The number of halogens is 1. The molecule has 1 aromatic carbocycles. The second-order valence-corrected chi connectivity index (χ2v) is 5.98. The van der Waals surface area contributed by atoms with Gasteiger partial charge in [-0.3, -0.25) is 4.79 Å². The van der Waals surface area contributed by atoms with Crippen molar-refractivity contribution < 1.29 is 9.21 Å². The second-order valence-electron chi connectivity index (χ2n) is 5.57. The molecule has 1 aromatic heterocycles. The lowest BCUT2D eigenvalue weighted by Crippen LogP contribution is -2.30. The summed E-state index contributed by atoms with van der Waals surface area (Å²) >= 11 is 6.19. The highest BCUT2D eigenvalue weighted by molar-refractivity contribution is 6.31. The third kappa shape index (κ3) is 4.71. The fourth-order valence-electron chi connectivity index (χ4n) is 2.25. The highest BCUT2D eigenvalue weighted by Gasteiger charge is 2.19. The fourth-order valence-corrected chi connectivity index (χ4v) is 2.45. The topological polar surface area (TPSA) is 36.7 Å². The standard InChI is InChI=1S/C18H21ClN2O2/c1-4-11-21(12-14-7-5-6-8-16(14)19)18(22)17-10-9-15(23-17)13-20(2)3/h4-10H,1,11-13H2,2-3H3. The predicted molar refractivity (Wildman–Crippen MR) is 92.5 cm³/mol. The Bertz CT molecular complexity index is 679. The molecule has 5 heteroatoms. The average Bonchev–Trinajstić information content (AvgIpc) is 2.96. The monoisotopic (exact) mass is 332 g/mol. The molecule has 1 heterocycles. The van der Waals surface area contributed by atoms with E-state index in [0.29, 0.717) is 30.4 Å². The molecule has 2 rings (SSSR count). The first-order chi connectivity index (χ1) is 11.0. The van der Waals surface area contributed by atoms with Crippen LogP contribution >= 0.6 is 11.6 Å². The number of carbonyl (C=O) groups excluding carboxylic acids is 1. The Balaban J connectivity index is 2.16. The van der Waals surface area contributed by atoms with E-state index in [-0.39, 0.29) is 5.91 Å². The summed E-state index contributed by atoms with van der Waals surface area (Å²) in [6.07, 6.45) is 1.69. The van der Waals surface area contributed by atoms with E-state index in [4.69, 9.17) is 16.0 Å². The third-order valence-corrected chi connectivity index (χ3v) is 3.67. The van der Waals surface area contributed by atoms with Crippen LogP contribution < -0.4 is 0 Å². The van der Waals surface area contributed by atoms with Crippen molar-refractivity contribution in [1.82, 2.24) is 9.80 Å². The van der Waals surface area contributed by atoms with E-state index >= 15 is 0 Å². The van der Waals surface area contributed by atoms with Crippen LogP contribution in [-0.2, 0) is 13.1 Å². The van der Waals surface area contributed by atoms with Crippen molar-refractivity contribution in [2.75, 3.05) is 20.6 Å². The van der Waals surface area contributed by atoms with Gasteiger partial charge in [0.25, 0.3) is 5.91 Å². The van der Waals surface area contributed by atoms with E-state index in [1.54, 1.807) is 17.0 Å². The first-order valence-electron chi connectivity index (χ1n) is 7.38. The van der Waals surface area contributed by atoms with Crippen LogP contribution in [0.4, 0.5) is 0 Å². The highest BCUT2D eigenvalue weighted by atomic mass is 35.5. The molecule has 0 aliphatic carbocycles. The first kappa shape index (κ1) is 17.3. The minimum atomic E-state index is -0.171. The number of carbonyl (C=O) groups is 1. The number of hydrogen-bond acceptors (Lipinski definition) is 3. The van der Waals surface area contributed by atoms with E-state index in [2.05, 4.69) is 6.58 Å². The Kier molecular flexibility index (Phi) is 6.02. The summed E-state index contributed by atoms with van der Waals surface area (Å²) in [5.41, 5.74) is 0.893. The van der Waals surface area contributed by atoms with Crippen molar-refractivity contribution >= 4 is 17.5 Å². The molecule has 2 aromatic rings. The summed E-state index contributed by atoms with van der Waals surface area (Å²) in [5, 5.41) is 0.641. The van der Waals surface area contributed by atoms with Gasteiger partial charge in [-0.2, -0.15) is 0 Å². The van der Waals surface area contributed by atoms with Crippen LogP contribution in [0.15, 0.2) is 53.5 Å². The lowest BCUT2D eigenvalue weighted by molar-refractivity contribution is 0.0727. The zero-order valence-electron chi connectivity index (χ0n) is 13.5. The highest BCUT2D eigenvalue weighted by Crippen LogP contribution is 2.19. The maximum atomic E-state index is 12.7. The Morgan fingerprint density at radius 3 is 2.61 bits per heavy atom. The quantitative estimate of drug-likeness (QED) is 0.723. The number of nitrogens with zero attached hydrogens (tertiary/aromatic N) is 2. The molecule has 0 unspecified atom stereocenters. The zero-order chi connectivity index (χ0) is 16.8. The smallest absolute Gasteiger partial charge is 0.290 e. The molecule has 0 atom stereocenters. The van der Waals surface area contributed by atoms with Crippen molar-refractivity contribution in [3.63, 3.8) is 0 Å². The van der Waals surface area contributed by atoms with Crippen molar-refractivity contribution in [1.29, 1.82) is 0 Å². The average molecular weight is 333 g/mol. The van der Waals surface area contributed by atoms with Crippen LogP contribution in [0, 0.1) is 0 Å². The van der Waals surface area contributed by atoms with Gasteiger partial charge >= 0.3 is 0 Å². The van der Waals surface area contributed by atoms with Gasteiger partial charge in [0.1, 0.15) is 5.76 Å². The van der Waals surface area contributed by atoms with Gasteiger partial charge < -0.3 is 14.2 Å². The van der Waals surface area contributed by atoms with Crippen LogP contribution in [0.1, 0.15) is 21.9 Å². The molecule has 0 aliphatic heterocycles. The largest absolute Gasteiger partial charge is 0.455 e. The van der Waals surface area contributed by atoms with Crippen molar-refractivity contribution in [2.45, 2.75) is 13.1 Å². The van der Waals surface area contributed by atoms with Gasteiger partial charge in [-0.1, -0.05) is 35.9 Å². The second kappa shape index (κ2) is 7.99. The molecular formula is C18H21ClN2O2. The summed E-state index contributed by atoms with van der Waals surface area (Å²) in [6, 6.07) is 11.0. The minimum absolute atomic E-state index is 0.171. The van der Waals surface area contributed by atoms with Crippen LogP contribution in [0.25, 0.3) is 0 Å². The van der Waals surface area contributed by atoms with Crippen molar-refractivity contribution in [2.24, 2.45) is 0 Å². The number of furan rings is 1. The van der Waals surface area contributed by atoms with Gasteiger partial charge in [-0.15, -0.1) is 6.58 Å². The summed E-state index contributed by atoms with van der Waals surface area (Å²) in [4.78, 5) is 16.3. The summed E-state index contributed by atoms with van der Waals surface area (Å²) < 4.78 is 5.65. The van der Waals surface area contributed by atoms with Crippen LogP contribution in [0.5, 0.6) is 0 Å². The Hall–Kier alpha value is -2.04. The molecule has 0 N–H and O–H groups in total.